The Hall–Kier alpha value is -1.70. The Bertz CT molecular complexity index is 465. The minimum atomic E-state index is 0.0723. The van der Waals surface area contributed by atoms with Gasteiger partial charge in [-0.25, -0.2) is 4.99 Å². The van der Waals surface area contributed by atoms with Gasteiger partial charge < -0.3 is 0 Å². The zero-order valence-corrected chi connectivity index (χ0v) is 8.95. The molecule has 2 heteroatoms. The quantitative estimate of drug-likeness (QED) is 0.672. The van der Waals surface area contributed by atoms with Gasteiger partial charge in [0.15, 0.2) is 0 Å². The zero-order chi connectivity index (χ0) is 10.8. The van der Waals surface area contributed by atoms with Crippen LogP contribution in [0.3, 0.4) is 0 Å². The van der Waals surface area contributed by atoms with E-state index in [4.69, 9.17) is 0 Å². The molecular formula is C13H13NO. The SMILES string of the molecule is CC(C)=CCC1=Nc2ccccc2C1=O. The number of nitrogens with zero attached hydrogens (tertiary/aromatic N) is 1. The molecule has 1 aromatic rings. The molecule has 0 unspecified atom stereocenters. The van der Waals surface area contributed by atoms with Crippen molar-refractivity contribution in [3.05, 3.63) is 41.5 Å². The van der Waals surface area contributed by atoms with Crippen LogP contribution in [0.1, 0.15) is 30.6 Å². The molecule has 1 aromatic carbocycles. The van der Waals surface area contributed by atoms with Gasteiger partial charge in [0.25, 0.3) is 0 Å². The topological polar surface area (TPSA) is 29.4 Å². The van der Waals surface area contributed by atoms with Crippen molar-refractivity contribution < 1.29 is 4.79 Å². The molecule has 0 N–H and O–H groups in total. The molecule has 2 nitrogen and oxygen atoms in total. The van der Waals surface area contributed by atoms with Crippen LogP contribution in [0.25, 0.3) is 0 Å². The Balaban J connectivity index is 2.27. The number of carbonyl (C=O) groups is 1. The normalized spacial score (nSPS) is 13.5. The molecule has 0 amide bonds. The molecule has 0 bridgehead atoms. The maximum absolute atomic E-state index is 11.8. The lowest BCUT2D eigenvalue weighted by Gasteiger charge is -1.94. The average Bonchev–Trinajstić information content (AvgIpc) is 2.54. The van der Waals surface area contributed by atoms with Crippen LogP contribution in [0.4, 0.5) is 5.69 Å². The predicted molar refractivity (Wildman–Crippen MR) is 61.9 cm³/mol. The summed E-state index contributed by atoms with van der Waals surface area (Å²) in [6.45, 7) is 4.04. The number of rotatable bonds is 2. The van der Waals surface area contributed by atoms with Crippen molar-refractivity contribution in [1.82, 2.24) is 0 Å². The summed E-state index contributed by atoms with van der Waals surface area (Å²) in [5.74, 6) is 0.0723. The first-order chi connectivity index (χ1) is 7.18. The lowest BCUT2D eigenvalue weighted by molar-refractivity contribution is 0.106. The average molecular weight is 199 g/mol. The van der Waals surface area contributed by atoms with Crippen molar-refractivity contribution in [3.8, 4) is 0 Å². The van der Waals surface area contributed by atoms with E-state index in [-0.39, 0.29) is 5.78 Å². The van der Waals surface area contributed by atoms with Crippen LogP contribution in [-0.4, -0.2) is 11.5 Å². The summed E-state index contributed by atoms with van der Waals surface area (Å²) in [6, 6.07) is 7.48. The second kappa shape index (κ2) is 3.81. The third-order valence-electron chi connectivity index (χ3n) is 2.37. The molecule has 0 radical (unpaired) electrons. The molecule has 0 saturated heterocycles. The Kier molecular flexibility index (Phi) is 2.50. The molecule has 0 fully saturated rings. The second-order valence-corrected chi connectivity index (χ2v) is 3.89. The van der Waals surface area contributed by atoms with Gasteiger partial charge in [0.05, 0.1) is 11.4 Å². The highest BCUT2D eigenvalue weighted by atomic mass is 16.1. The number of hydrogen-bond donors (Lipinski definition) is 0. The predicted octanol–water partition coefficient (Wildman–Crippen LogP) is 3.31. The maximum atomic E-state index is 11.8. The van der Waals surface area contributed by atoms with Gasteiger partial charge in [0, 0.05) is 12.0 Å². The molecule has 0 aromatic heterocycles. The number of fused-ring (bicyclic) bond motifs is 1. The summed E-state index contributed by atoms with van der Waals surface area (Å²) in [7, 11) is 0. The number of ketones is 1. The van der Waals surface area contributed by atoms with Crippen molar-refractivity contribution in [1.29, 1.82) is 0 Å². The van der Waals surface area contributed by atoms with E-state index in [1.807, 2.05) is 44.2 Å². The lowest BCUT2D eigenvalue weighted by Crippen LogP contribution is -2.08. The molecule has 1 aliphatic rings. The summed E-state index contributed by atoms with van der Waals surface area (Å²) < 4.78 is 0. The number of Topliss-reactive ketones (excluding diaryl/α,β-unsaturated/α-hetero) is 1. The highest BCUT2D eigenvalue weighted by Crippen LogP contribution is 2.27. The highest BCUT2D eigenvalue weighted by Gasteiger charge is 2.22. The zero-order valence-electron chi connectivity index (χ0n) is 8.95. The Morgan fingerprint density at radius 1 is 1.33 bits per heavy atom. The van der Waals surface area contributed by atoms with Crippen molar-refractivity contribution in [2.24, 2.45) is 4.99 Å². The number of allylic oxidation sites excluding steroid dienone is 2. The third kappa shape index (κ3) is 1.89. The van der Waals surface area contributed by atoms with Gasteiger partial charge in [-0.1, -0.05) is 23.8 Å². The van der Waals surface area contributed by atoms with Crippen LogP contribution in [-0.2, 0) is 0 Å². The van der Waals surface area contributed by atoms with E-state index in [2.05, 4.69) is 4.99 Å². The Morgan fingerprint density at radius 3 is 2.73 bits per heavy atom. The fraction of sp³-hybridized carbons (Fsp3) is 0.231. The summed E-state index contributed by atoms with van der Waals surface area (Å²) in [5, 5.41) is 0. The van der Waals surface area contributed by atoms with E-state index in [0.29, 0.717) is 12.1 Å². The minimum Gasteiger partial charge on any atom is -0.287 e. The van der Waals surface area contributed by atoms with Crippen LogP contribution in [0.5, 0.6) is 0 Å². The van der Waals surface area contributed by atoms with E-state index < -0.39 is 0 Å². The third-order valence-corrected chi connectivity index (χ3v) is 2.37. The Labute approximate surface area is 89.3 Å². The van der Waals surface area contributed by atoms with Crippen molar-refractivity contribution in [2.45, 2.75) is 20.3 Å². The smallest absolute Gasteiger partial charge is 0.209 e. The number of aliphatic imine (C=N–C) groups is 1. The van der Waals surface area contributed by atoms with E-state index in [0.717, 1.165) is 11.3 Å². The van der Waals surface area contributed by atoms with Crippen molar-refractivity contribution in [3.63, 3.8) is 0 Å². The van der Waals surface area contributed by atoms with Gasteiger partial charge in [-0.2, -0.15) is 0 Å². The molecular weight excluding hydrogens is 186 g/mol. The van der Waals surface area contributed by atoms with E-state index in [1.54, 1.807) is 0 Å². The van der Waals surface area contributed by atoms with Gasteiger partial charge >= 0.3 is 0 Å². The van der Waals surface area contributed by atoms with E-state index in [1.165, 1.54) is 5.57 Å². The van der Waals surface area contributed by atoms with Gasteiger partial charge in [-0.3, -0.25) is 4.79 Å². The first-order valence-corrected chi connectivity index (χ1v) is 5.03. The van der Waals surface area contributed by atoms with E-state index in [9.17, 15) is 4.79 Å². The number of hydrogen-bond acceptors (Lipinski definition) is 2. The molecule has 0 saturated carbocycles. The molecule has 2 rings (SSSR count). The minimum absolute atomic E-state index is 0.0723. The van der Waals surface area contributed by atoms with Crippen LogP contribution in [0.2, 0.25) is 0 Å². The summed E-state index contributed by atoms with van der Waals surface area (Å²) in [4.78, 5) is 16.2. The number of carbonyl (C=O) groups excluding carboxylic acids is 1. The molecule has 1 aliphatic heterocycles. The molecule has 0 aliphatic carbocycles. The molecule has 76 valence electrons. The maximum Gasteiger partial charge on any atom is 0.209 e. The van der Waals surface area contributed by atoms with Gasteiger partial charge in [0.1, 0.15) is 0 Å². The second-order valence-electron chi connectivity index (χ2n) is 3.89. The molecule has 0 spiro atoms. The van der Waals surface area contributed by atoms with Crippen LogP contribution < -0.4 is 0 Å². The van der Waals surface area contributed by atoms with Gasteiger partial charge in [-0.05, 0) is 26.0 Å². The monoisotopic (exact) mass is 199 g/mol. The van der Waals surface area contributed by atoms with Crippen LogP contribution in [0, 0.1) is 0 Å². The number of para-hydroxylation sites is 1. The largest absolute Gasteiger partial charge is 0.287 e. The van der Waals surface area contributed by atoms with Crippen LogP contribution in [0.15, 0.2) is 40.9 Å². The summed E-state index contributed by atoms with van der Waals surface area (Å²) >= 11 is 0. The van der Waals surface area contributed by atoms with Gasteiger partial charge in [-0.15, -0.1) is 0 Å². The Morgan fingerprint density at radius 2 is 2.07 bits per heavy atom. The first kappa shape index (κ1) is 9.84. The number of benzene rings is 1. The molecule has 0 atom stereocenters. The fourth-order valence-electron chi connectivity index (χ4n) is 1.55. The fourth-order valence-corrected chi connectivity index (χ4v) is 1.55. The highest BCUT2D eigenvalue weighted by molar-refractivity contribution is 6.50. The first-order valence-electron chi connectivity index (χ1n) is 5.03. The van der Waals surface area contributed by atoms with E-state index >= 15 is 0 Å². The van der Waals surface area contributed by atoms with Crippen molar-refractivity contribution in [2.75, 3.05) is 0 Å². The van der Waals surface area contributed by atoms with Crippen molar-refractivity contribution >= 4 is 17.2 Å². The lowest BCUT2D eigenvalue weighted by atomic mass is 10.1. The summed E-state index contributed by atoms with van der Waals surface area (Å²) in [5.41, 5.74) is 3.40. The molecule has 1 heterocycles. The van der Waals surface area contributed by atoms with Crippen LogP contribution >= 0.6 is 0 Å². The summed E-state index contributed by atoms with van der Waals surface area (Å²) in [6.07, 6.45) is 2.67. The standard InChI is InChI=1S/C13H13NO/c1-9(2)7-8-12-13(15)10-5-3-4-6-11(10)14-12/h3-7H,8H2,1-2H3. The van der Waals surface area contributed by atoms with Gasteiger partial charge in [0.2, 0.25) is 5.78 Å². The molecule has 15 heavy (non-hydrogen) atoms.